The maximum Gasteiger partial charge on any atom is 0.227 e. The second-order valence-electron chi connectivity index (χ2n) is 12.1. The molecule has 2 aliphatic heterocycles. The van der Waals surface area contributed by atoms with Gasteiger partial charge in [-0.25, -0.2) is 0 Å². The predicted octanol–water partition coefficient (Wildman–Crippen LogP) is 4.25. The summed E-state index contributed by atoms with van der Waals surface area (Å²) in [6.07, 6.45) is 8.11. The summed E-state index contributed by atoms with van der Waals surface area (Å²) in [5.41, 5.74) is 0.804. The molecule has 1 N–H and O–H groups in total. The molecule has 2 aromatic carbocycles. The number of likely N-dealkylation sites (tertiary alicyclic amines) is 2. The Morgan fingerprint density at radius 1 is 1.05 bits per heavy atom. The van der Waals surface area contributed by atoms with Gasteiger partial charge in [-0.05, 0) is 48.9 Å². The molecule has 3 fully saturated rings. The van der Waals surface area contributed by atoms with Crippen LogP contribution in [-0.2, 0) is 21.6 Å². The molecule has 220 valence electrons. The molecule has 3 aliphatic rings. The minimum atomic E-state index is -1.06. The first-order chi connectivity index (χ1) is 19.9. The van der Waals surface area contributed by atoms with Crippen molar-refractivity contribution < 1.29 is 19.4 Å². The van der Waals surface area contributed by atoms with Crippen LogP contribution in [0.4, 0.5) is 0 Å². The minimum Gasteiger partial charge on any atom is -0.497 e. The van der Waals surface area contributed by atoms with Crippen LogP contribution >= 0.6 is 0 Å². The van der Waals surface area contributed by atoms with Gasteiger partial charge >= 0.3 is 0 Å². The number of methoxy groups -OCH3 is 1. The number of ether oxygens (including phenoxy) is 1. The summed E-state index contributed by atoms with van der Waals surface area (Å²) in [5.74, 6) is 1.16. The topological polar surface area (TPSA) is 73.3 Å². The van der Waals surface area contributed by atoms with E-state index >= 15 is 0 Å². The van der Waals surface area contributed by atoms with E-state index < -0.39 is 5.60 Å². The van der Waals surface area contributed by atoms with Crippen molar-refractivity contribution in [2.24, 2.45) is 11.8 Å². The second kappa shape index (κ2) is 13.2. The molecule has 2 aromatic rings. The molecule has 0 radical (unpaired) electrons. The number of hydrogen-bond acceptors (Lipinski definition) is 5. The lowest BCUT2D eigenvalue weighted by Crippen LogP contribution is -2.50. The Balaban J connectivity index is 1.22. The van der Waals surface area contributed by atoms with Gasteiger partial charge in [0.1, 0.15) is 11.4 Å². The van der Waals surface area contributed by atoms with Crippen LogP contribution < -0.4 is 4.74 Å². The summed E-state index contributed by atoms with van der Waals surface area (Å²) in [4.78, 5) is 33.0. The average molecular weight is 560 g/mol. The van der Waals surface area contributed by atoms with E-state index in [0.717, 1.165) is 75.0 Å². The fraction of sp³-hybridized carbons (Fsp3) is 0.529. The number of aliphatic hydroxyl groups is 1. The summed E-state index contributed by atoms with van der Waals surface area (Å²) in [6.45, 7) is 7.83. The molecule has 0 unspecified atom stereocenters. The van der Waals surface area contributed by atoms with Crippen LogP contribution in [0.2, 0.25) is 0 Å². The number of benzene rings is 2. The molecular formula is C34H45N3O4. The van der Waals surface area contributed by atoms with Crippen LogP contribution in [0.1, 0.15) is 49.7 Å². The maximum atomic E-state index is 13.4. The van der Waals surface area contributed by atoms with Crippen molar-refractivity contribution in [1.82, 2.24) is 14.7 Å². The lowest BCUT2D eigenvalue weighted by Gasteiger charge is -2.40. The van der Waals surface area contributed by atoms with Crippen molar-refractivity contribution in [3.8, 4) is 5.75 Å². The third-order valence-corrected chi connectivity index (χ3v) is 9.47. The molecule has 1 saturated carbocycles. The van der Waals surface area contributed by atoms with E-state index in [1.165, 1.54) is 0 Å². The zero-order valence-corrected chi connectivity index (χ0v) is 24.4. The van der Waals surface area contributed by atoms with Gasteiger partial charge in [-0.1, -0.05) is 61.4 Å². The molecule has 2 amide bonds. The SMILES string of the molecule is C=CCN(C(=O)Cc1ccc(OC)cc1)C1CCN(C[C@H]2CN(C(=O)C3CCCC3)C[C@]2(O)c2ccccc2)CC1. The zero-order valence-electron chi connectivity index (χ0n) is 24.4. The number of piperidine rings is 1. The van der Waals surface area contributed by atoms with E-state index in [9.17, 15) is 14.7 Å². The molecule has 0 bridgehead atoms. The summed E-state index contributed by atoms with van der Waals surface area (Å²) < 4.78 is 5.24. The molecular weight excluding hydrogens is 514 g/mol. The number of hydrogen-bond donors (Lipinski definition) is 1. The minimum absolute atomic E-state index is 0.0622. The van der Waals surface area contributed by atoms with Gasteiger partial charge in [-0.3, -0.25) is 9.59 Å². The van der Waals surface area contributed by atoms with Crippen LogP contribution in [-0.4, -0.2) is 84.0 Å². The molecule has 41 heavy (non-hydrogen) atoms. The summed E-state index contributed by atoms with van der Waals surface area (Å²) in [6, 6.07) is 17.7. The number of carbonyl (C=O) groups is 2. The maximum absolute atomic E-state index is 13.4. The van der Waals surface area contributed by atoms with Gasteiger partial charge in [-0.15, -0.1) is 6.58 Å². The van der Waals surface area contributed by atoms with Crippen molar-refractivity contribution in [3.63, 3.8) is 0 Å². The van der Waals surface area contributed by atoms with Crippen LogP contribution in [0.3, 0.4) is 0 Å². The molecule has 0 aromatic heterocycles. The predicted molar refractivity (Wildman–Crippen MR) is 160 cm³/mol. The highest BCUT2D eigenvalue weighted by Gasteiger charge is 2.49. The first-order valence-electron chi connectivity index (χ1n) is 15.2. The lowest BCUT2D eigenvalue weighted by atomic mass is 9.83. The Labute approximate surface area is 244 Å². The first kappa shape index (κ1) is 29.3. The molecule has 1 aliphatic carbocycles. The summed E-state index contributed by atoms with van der Waals surface area (Å²) >= 11 is 0. The van der Waals surface area contributed by atoms with Crippen molar-refractivity contribution in [1.29, 1.82) is 0 Å². The summed E-state index contributed by atoms with van der Waals surface area (Å²) in [5, 5.41) is 12.1. The average Bonchev–Trinajstić information content (AvgIpc) is 3.66. The molecule has 2 saturated heterocycles. The lowest BCUT2D eigenvalue weighted by molar-refractivity contribution is -0.135. The third-order valence-electron chi connectivity index (χ3n) is 9.47. The van der Waals surface area contributed by atoms with Gasteiger partial charge in [0.25, 0.3) is 0 Å². The Kier molecular flexibility index (Phi) is 9.46. The number of nitrogens with zero attached hydrogens (tertiary/aromatic N) is 3. The van der Waals surface area contributed by atoms with Crippen molar-refractivity contribution in [3.05, 3.63) is 78.4 Å². The molecule has 7 heteroatoms. The number of rotatable bonds is 10. The highest BCUT2D eigenvalue weighted by atomic mass is 16.5. The van der Waals surface area contributed by atoms with E-state index in [1.54, 1.807) is 7.11 Å². The second-order valence-corrected chi connectivity index (χ2v) is 12.1. The number of carbonyl (C=O) groups excluding carboxylic acids is 2. The highest BCUT2D eigenvalue weighted by molar-refractivity contribution is 5.80. The van der Waals surface area contributed by atoms with Crippen LogP contribution in [0.5, 0.6) is 5.75 Å². The molecule has 7 nitrogen and oxygen atoms in total. The first-order valence-corrected chi connectivity index (χ1v) is 15.2. The highest BCUT2D eigenvalue weighted by Crippen LogP contribution is 2.40. The Bertz CT molecular complexity index is 1170. The van der Waals surface area contributed by atoms with E-state index in [4.69, 9.17) is 4.74 Å². The standard InChI is InChI=1S/C34H45N3O4/c1-3-19-37(32(38)22-26-13-15-31(41-2)16-14-26)30-17-20-35(21-18-30)23-29-24-36(33(39)27-9-7-8-10-27)25-34(29,40)28-11-5-4-6-12-28/h3-6,11-16,27,29-30,40H,1,7-10,17-25H2,2H3/t29-,34-/m0/s1. The normalized spacial score (nSPS) is 24.0. The quantitative estimate of drug-likeness (QED) is 0.441. The fourth-order valence-corrected chi connectivity index (χ4v) is 7.10. The van der Waals surface area contributed by atoms with Crippen molar-refractivity contribution in [2.45, 2.75) is 56.6 Å². The van der Waals surface area contributed by atoms with Gasteiger partial charge in [0, 0.05) is 50.6 Å². The third kappa shape index (κ3) is 6.68. The number of β-amino-alcohol motifs (C(OH)–C–C–N with tert-alkyl or cyclic N) is 1. The van der Waals surface area contributed by atoms with E-state index in [0.29, 0.717) is 26.1 Å². The Morgan fingerprint density at radius 3 is 2.37 bits per heavy atom. The number of amides is 2. The van der Waals surface area contributed by atoms with Crippen molar-refractivity contribution in [2.75, 3.05) is 46.4 Å². The van der Waals surface area contributed by atoms with Crippen LogP contribution in [0, 0.1) is 11.8 Å². The molecule has 5 rings (SSSR count). The van der Waals surface area contributed by atoms with E-state index in [2.05, 4.69) is 11.5 Å². The monoisotopic (exact) mass is 559 g/mol. The molecule has 0 spiro atoms. The van der Waals surface area contributed by atoms with E-state index in [-0.39, 0.29) is 29.7 Å². The molecule has 2 atom stereocenters. The molecule has 2 heterocycles. The summed E-state index contributed by atoms with van der Waals surface area (Å²) in [7, 11) is 1.64. The zero-order chi connectivity index (χ0) is 28.8. The van der Waals surface area contributed by atoms with Gasteiger partial charge in [-0.2, -0.15) is 0 Å². The smallest absolute Gasteiger partial charge is 0.227 e. The van der Waals surface area contributed by atoms with Gasteiger partial charge in [0.2, 0.25) is 11.8 Å². The van der Waals surface area contributed by atoms with E-state index in [1.807, 2.05) is 70.5 Å². The Hall–Kier alpha value is -3.16. The van der Waals surface area contributed by atoms with Gasteiger partial charge in [0.05, 0.1) is 20.1 Å². The van der Waals surface area contributed by atoms with Gasteiger partial charge in [0.15, 0.2) is 0 Å². The van der Waals surface area contributed by atoms with Crippen LogP contribution in [0.25, 0.3) is 0 Å². The van der Waals surface area contributed by atoms with Crippen LogP contribution in [0.15, 0.2) is 67.3 Å². The van der Waals surface area contributed by atoms with Crippen molar-refractivity contribution >= 4 is 11.8 Å². The largest absolute Gasteiger partial charge is 0.497 e. The fourth-order valence-electron chi connectivity index (χ4n) is 7.10. The Morgan fingerprint density at radius 2 is 1.73 bits per heavy atom. The van der Waals surface area contributed by atoms with Gasteiger partial charge < -0.3 is 24.5 Å².